The van der Waals surface area contributed by atoms with E-state index in [1.165, 1.54) is 24.3 Å². The summed E-state index contributed by atoms with van der Waals surface area (Å²) in [5, 5.41) is 11.4. The first-order valence-corrected chi connectivity index (χ1v) is 10.3. The SMILES string of the molecule is COc1ccc(C(=O)N2CCCC(Nc3cnc(C(F)(F)F)cn3)[C@@H]2C)c(-n2nccn2)c1. The molecule has 33 heavy (non-hydrogen) atoms. The molecular formula is C21H22F3N7O2. The first kappa shape index (κ1) is 22.5. The zero-order valence-corrected chi connectivity index (χ0v) is 18.0. The summed E-state index contributed by atoms with van der Waals surface area (Å²) in [6.07, 6.45) is 1.68. The maximum Gasteiger partial charge on any atom is 0.434 e. The van der Waals surface area contributed by atoms with E-state index in [1.807, 2.05) is 6.92 Å². The minimum Gasteiger partial charge on any atom is -0.497 e. The minimum absolute atomic E-state index is 0.206. The van der Waals surface area contributed by atoms with Gasteiger partial charge in [0.25, 0.3) is 5.91 Å². The second-order valence-corrected chi connectivity index (χ2v) is 7.62. The van der Waals surface area contributed by atoms with Crippen LogP contribution in [0.4, 0.5) is 19.0 Å². The maximum absolute atomic E-state index is 13.5. The quantitative estimate of drug-likeness (QED) is 0.623. The number of hydrogen-bond acceptors (Lipinski definition) is 7. The van der Waals surface area contributed by atoms with Crippen LogP contribution in [0.5, 0.6) is 5.75 Å². The highest BCUT2D eigenvalue weighted by atomic mass is 19.4. The molecule has 9 nitrogen and oxygen atoms in total. The van der Waals surface area contributed by atoms with Crippen molar-refractivity contribution < 1.29 is 22.7 Å². The molecule has 2 atom stereocenters. The van der Waals surface area contributed by atoms with Crippen molar-refractivity contribution in [1.82, 2.24) is 29.9 Å². The Morgan fingerprint density at radius 3 is 2.58 bits per heavy atom. The number of ether oxygens (including phenoxy) is 1. The molecule has 3 aromatic rings. The highest BCUT2D eigenvalue weighted by Crippen LogP contribution is 2.29. The first-order chi connectivity index (χ1) is 15.8. The number of carbonyl (C=O) groups excluding carboxylic acids is 1. The molecule has 1 amide bonds. The zero-order chi connectivity index (χ0) is 23.6. The van der Waals surface area contributed by atoms with Crippen LogP contribution in [0.3, 0.4) is 0 Å². The van der Waals surface area contributed by atoms with Gasteiger partial charge in [0.05, 0.1) is 37.5 Å². The van der Waals surface area contributed by atoms with Crippen LogP contribution in [0.25, 0.3) is 5.69 Å². The molecule has 1 aliphatic rings. The average molecular weight is 461 g/mol. The third kappa shape index (κ3) is 4.73. The van der Waals surface area contributed by atoms with Crippen molar-refractivity contribution in [2.75, 3.05) is 19.0 Å². The summed E-state index contributed by atoms with van der Waals surface area (Å²) in [5.41, 5.74) is -0.158. The van der Waals surface area contributed by atoms with Gasteiger partial charge in [-0.05, 0) is 31.9 Å². The van der Waals surface area contributed by atoms with E-state index in [0.29, 0.717) is 36.2 Å². The van der Waals surface area contributed by atoms with Crippen molar-refractivity contribution in [2.45, 2.75) is 38.0 Å². The molecule has 1 aliphatic heterocycles. The first-order valence-electron chi connectivity index (χ1n) is 10.3. The normalized spacial score (nSPS) is 18.8. The molecular weight excluding hydrogens is 439 g/mol. The van der Waals surface area contributed by atoms with Gasteiger partial charge in [-0.3, -0.25) is 4.79 Å². The Bertz CT molecular complexity index is 1100. The summed E-state index contributed by atoms with van der Waals surface area (Å²) in [6, 6.07) is 4.59. The number of benzene rings is 1. The van der Waals surface area contributed by atoms with Crippen molar-refractivity contribution in [1.29, 1.82) is 0 Å². The number of alkyl halides is 3. The van der Waals surface area contributed by atoms with Gasteiger partial charge in [-0.2, -0.15) is 28.2 Å². The van der Waals surface area contributed by atoms with Gasteiger partial charge >= 0.3 is 6.18 Å². The molecule has 2 aromatic heterocycles. The van der Waals surface area contributed by atoms with Crippen LogP contribution in [0.1, 0.15) is 35.8 Å². The molecule has 1 N–H and O–H groups in total. The van der Waals surface area contributed by atoms with Crippen LogP contribution in [0.15, 0.2) is 43.0 Å². The van der Waals surface area contributed by atoms with Gasteiger partial charge in [0, 0.05) is 24.7 Å². The summed E-state index contributed by atoms with van der Waals surface area (Å²) in [6.45, 7) is 2.43. The van der Waals surface area contributed by atoms with E-state index in [9.17, 15) is 18.0 Å². The molecule has 0 bridgehead atoms. The molecule has 4 rings (SSSR count). The van der Waals surface area contributed by atoms with Gasteiger partial charge in [-0.1, -0.05) is 0 Å². The van der Waals surface area contributed by atoms with E-state index in [1.54, 1.807) is 23.1 Å². The van der Waals surface area contributed by atoms with E-state index >= 15 is 0 Å². The van der Waals surface area contributed by atoms with Crippen molar-refractivity contribution in [3.63, 3.8) is 0 Å². The smallest absolute Gasteiger partial charge is 0.434 e. The number of nitrogens with one attached hydrogen (secondary N) is 1. The molecule has 1 unspecified atom stereocenters. The van der Waals surface area contributed by atoms with Crippen molar-refractivity contribution >= 4 is 11.7 Å². The summed E-state index contributed by atoms with van der Waals surface area (Å²) in [4.78, 5) is 23.9. The summed E-state index contributed by atoms with van der Waals surface area (Å²) < 4.78 is 43.5. The number of carbonyl (C=O) groups is 1. The number of hydrogen-bond donors (Lipinski definition) is 1. The Labute approximate surface area is 187 Å². The summed E-state index contributed by atoms with van der Waals surface area (Å²) in [7, 11) is 1.53. The van der Waals surface area contributed by atoms with E-state index in [-0.39, 0.29) is 23.8 Å². The topological polar surface area (TPSA) is 98.1 Å². The molecule has 0 spiro atoms. The molecule has 3 heterocycles. The van der Waals surface area contributed by atoms with Crippen LogP contribution in [-0.4, -0.2) is 61.5 Å². The molecule has 1 aromatic carbocycles. The fraction of sp³-hybridized carbons (Fsp3) is 0.381. The molecule has 0 aliphatic carbocycles. The number of anilines is 1. The predicted molar refractivity (Wildman–Crippen MR) is 112 cm³/mol. The third-order valence-electron chi connectivity index (χ3n) is 5.59. The lowest BCUT2D eigenvalue weighted by Gasteiger charge is -2.40. The summed E-state index contributed by atoms with van der Waals surface area (Å²) in [5.74, 6) is 0.577. The van der Waals surface area contributed by atoms with Crippen LogP contribution in [-0.2, 0) is 6.18 Å². The summed E-state index contributed by atoms with van der Waals surface area (Å²) >= 11 is 0. The Hall–Kier alpha value is -3.70. The Morgan fingerprint density at radius 1 is 1.18 bits per heavy atom. The van der Waals surface area contributed by atoms with Gasteiger partial charge in [-0.25, -0.2) is 9.97 Å². The standard InChI is InChI=1S/C21H22F3N7O2/c1-13-16(29-19-12-25-18(11-26-19)21(22,23)24)4-3-9-30(13)20(32)15-6-5-14(33-2)10-17(15)31-27-7-8-28-31/h5-8,10-13,16H,3-4,9H2,1-2H3,(H,26,29)/t13-,16?/m0/s1. The lowest BCUT2D eigenvalue weighted by Crippen LogP contribution is -2.52. The number of amides is 1. The van der Waals surface area contributed by atoms with Crippen LogP contribution >= 0.6 is 0 Å². The Morgan fingerprint density at radius 2 is 1.94 bits per heavy atom. The van der Waals surface area contributed by atoms with Crippen molar-refractivity contribution in [3.05, 3.63) is 54.2 Å². The average Bonchev–Trinajstić information content (AvgIpc) is 3.34. The molecule has 1 fully saturated rings. The molecule has 174 valence electrons. The second-order valence-electron chi connectivity index (χ2n) is 7.62. The Kier molecular flexibility index (Phi) is 6.16. The van der Waals surface area contributed by atoms with Crippen LogP contribution in [0.2, 0.25) is 0 Å². The maximum atomic E-state index is 13.5. The second kappa shape index (κ2) is 9.04. The number of likely N-dealkylation sites (tertiary alicyclic amines) is 1. The minimum atomic E-state index is -4.55. The van der Waals surface area contributed by atoms with Gasteiger partial charge in [0.15, 0.2) is 5.69 Å². The van der Waals surface area contributed by atoms with Crippen LogP contribution in [0, 0.1) is 0 Å². The number of piperidine rings is 1. The molecule has 12 heteroatoms. The third-order valence-corrected chi connectivity index (χ3v) is 5.59. The van der Waals surface area contributed by atoms with Crippen LogP contribution < -0.4 is 10.1 Å². The lowest BCUT2D eigenvalue weighted by atomic mass is 9.96. The van der Waals surface area contributed by atoms with E-state index < -0.39 is 11.9 Å². The predicted octanol–water partition coefficient (Wildman–Crippen LogP) is 3.19. The molecule has 0 saturated carbocycles. The monoisotopic (exact) mass is 461 g/mol. The number of aromatic nitrogens is 5. The fourth-order valence-electron chi connectivity index (χ4n) is 3.84. The van der Waals surface area contributed by atoms with Gasteiger partial charge in [0.2, 0.25) is 0 Å². The highest BCUT2D eigenvalue weighted by molar-refractivity contribution is 5.98. The van der Waals surface area contributed by atoms with Crippen molar-refractivity contribution in [3.8, 4) is 11.4 Å². The highest BCUT2D eigenvalue weighted by Gasteiger charge is 2.35. The zero-order valence-electron chi connectivity index (χ0n) is 18.0. The largest absolute Gasteiger partial charge is 0.497 e. The van der Waals surface area contributed by atoms with Gasteiger partial charge in [0.1, 0.15) is 17.3 Å². The van der Waals surface area contributed by atoms with E-state index in [2.05, 4.69) is 25.5 Å². The number of nitrogens with zero attached hydrogens (tertiary/aromatic N) is 6. The van der Waals surface area contributed by atoms with E-state index in [0.717, 1.165) is 12.6 Å². The van der Waals surface area contributed by atoms with Crippen molar-refractivity contribution in [2.24, 2.45) is 0 Å². The number of rotatable bonds is 5. The number of halogens is 3. The van der Waals surface area contributed by atoms with E-state index in [4.69, 9.17) is 4.74 Å². The molecule has 0 radical (unpaired) electrons. The fourth-order valence-corrected chi connectivity index (χ4v) is 3.84. The van der Waals surface area contributed by atoms with Gasteiger partial charge in [-0.15, -0.1) is 0 Å². The molecule has 1 saturated heterocycles. The lowest BCUT2D eigenvalue weighted by molar-refractivity contribution is -0.141. The number of methoxy groups -OCH3 is 1. The Balaban J connectivity index is 1.55. The van der Waals surface area contributed by atoms with Gasteiger partial charge < -0.3 is 15.0 Å².